The van der Waals surface area contributed by atoms with Crippen molar-refractivity contribution >= 4 is 11.9 Å². The molecule has 122 valence electrons. The zero-order chi connectivity index (χ0) is 16.2. The normalized spacial score (nSPS) is 18.1. The van der Waals surface area contributed by atoms with Gasteiger partial charge in [-0.1, -0.05) is 0 Å². The van der Waals surface area contributed by atoms with Crippen LogP contribution in [0.1, 0.15) is 12.0 Å². The third-order valence-corrected chi connectivity index (χ3v) is 4.16. The van der Waals surface area contributed by atoms with Crippen LogP contribution in [0.25, 0.3) is 0 Å². The van der Waals surface area contributed by atoms with E-state index in [0.717, 1.165) is 43.5 Å². The van der Waals surface area contributed by atoms with Crippen molar-refractivity contribution in [3.05, 3.63) is 36.4 Å². The van der Waals surface area contributed by atoms with Gasteiger partial charge >= 0.3 is 0 Å². The number of hydrogen-bond acceptors (Lipinski definition) is 7. The third-order valence-electron chi connectivity index (χ3n) is 4.16. The van der Waals surface area contributed by atoms with Crippen LogP contribution in [0, 0.1) is 0 Å². The molecule has 3 rings (SSSR count). The van der Waals surface area contributed by atoms with E-state index >= 15 is 0 Å². The third kappa shape index (κ3) is 3.73. The number of likely N-dealkylation sites (N-methyl/N-ethyl adjacent to an activating group) is 1. The lowest BCUT2D eigenvalue weighted by molar-refractivity contribution is 0.325. The Morgan fingerprint density at radius 2 is 1.74 bits per heavy atom. The SMILES string of the molecule is CN(C)c1ncc(CN2CCC(N(C)c3ncccn3)C2)cn1. The Hall–Kier alpha value is -2.28. The minimum atomic E-state index is 0.444. The molecule has 1 saturated heterocycles. The van der Waals surface area contributed by atoms with Gasteiger partial charge in [-0.25, -0.2) is 19.9 Å². The van der Waals surface area contributed by atoms with Gasteiger partial charge in [0.2, 0.25) is 11.9 Å². The lowest BCUT2D eigenvalue weighted by Crippen LogP contribution is -2.35. The maximum absolute atomic E-state index is 4.38. The van der Waals surface area contributed by atoms with Crippen molar-refractivity contribution in [1.29, 1.82) is 0 Å². The number of likely N-dealkylation sites (tertiary alicyclic amines) is 1. The van der Waals surface area contributed by atoms with Gasteiger partial charge in [0, 0.05) is 77.2 Å². The standard InChI is InChI=1S/C16H23N7/c1-21(2)15-19-9-13(10-20-15)11-23-8-5-14(12-23)22(3)16-17-6-4-7-18-16/h4,6-7,9-10,14H,5,8,11-12H2,1-3H3. The Bertz CT molecular complexity index is 614. The highest BCUT2D eigenvalue weighted by molar-refractivity contribution is 5.30. The van der Waals surface area contributed by atoms with Crippen LogP contribution in [0.5, 0.6) is 0 Å². The zero-order valence-electron chi connectivity index (χ0n) is 13.9. The predicted octanol–water partition coefficient (Wildman–Crippen LogP) is 1.04. The average Bonchev–Trinajstić information content (AvgIpc) is 3.04. The van der Waals surface area contributed by atoms with Crippen LogP contribution < -0.4 is 9.80 Å². The minimum absolute atomic E-state index is 0.444. The van der Waals surface area contributed by atoms with E-state index in [0.29, 0.717) is 6.04 Å². The van der Waals surface area contributed by atoms with Crippen LogP contribution >= 0.6 is 0 Å². The second kappa shape index (κ2) is 6.87. The Labute approximate surface area is 137 Å². The van der Waals surface area contributed by atoms with E-state index in [9.17, 15) is 0 Å². The van der Waals surface area contributed by atoms with E-state index in [1.807, 2.05) is 37.5 Å². The molecule has 0 bridgehead atoms. The predicted molar refractivity (Wildman–Crippen MR) is 90.5 cm³/mol. The first kappa shape index (κ1) is 15.6. The number of rotatable bonds is 5. The molecule has 0 N–H and O–H groups in total. The molecule has 1 aliphatic rings. The molecule has 0 aliphatic carbocycles. The number of aromatic nitrogens is 4. The van der Waals surface area contributed by atoms with Crippen LogP contribution in [0.2, 0.25) is 0 Å². The van der Waals surface area contributed by atoms with Crippen molar-refractivity contribution in [1.82, 2.24) is 24.8 Å². The summed E-state index contributed by atoms with van der Waals surface area (Å²) >= 11 is 0. The summed E-state index contributed by atoms with van der Waals surface area (Å²) in [6, 6.07) is 2.29. The summed E-state index contributed by atoms with van der Waals surface area (Å²) < 4.78 is 0. The van der Waals surface area contributed by atoms with Gasteiger partial charge < -0.3 is 9.80 Å². The van der Waals surface area contributed by atoms with Crippen LogP contribution in [0.3, 0.4) is 0 Å². The molecule has 0 saturated carbocycles. The first-order valence-electron chi connectivity index (χ1n) is 7.84. The summed E-state index contributed by atoms with van der Waals surface area (Å²) in [5, 5.41) is 0. The molecular formula is C16H23N7. The maximum Gasteiger partial charge on any atom is 0.225 e. The Morgan fingerprint density at radius 1 is 1.04 bits per heavy atom. The average molecular weight is 313 g/mol. The van der Waals surface area contributed by atoms with Gasteiger partial charge in [-0.2, -0.15) is 0 Å². The van der Waals surface area contributed by atoms with Gasteiger partial charge in [-0.05, 0) is 12.5 Å². The highest BCUT2D eigenvalue weighted by Gasteiger charge is 2.27. The highest BCUT2D eigenvalue weighted by atomic mass is 15.3. The van der Waals surface area contributed by atoms with Crippen LogP contribution in [0.4, 0.5) is 11.9 Å². The molecule has 7 nitrogen and oxygen atoms in total. The molecule has 7 heteroatoms. The van der Waals surface area contributed by atoms with E-state index in [1.165, 1.54) is 0 Å². The fourth-order valence-corrected chi connectivity index (χ4v) is 2.83. The molecule has 1 unspecified atom stereocenters. The topological polar surface area (TPSA) is 61.3 Å². The molecule has 1 aliphatic heterocycles. The molecule has 3 heterocycles. The van der Waals surface area contributed by atoms with Crippen molar-refractivity contribution in [3.63, 3.8) is 0 Å². The largest absolute Gasteiger partial charge is 0.347 e. The Kier molecular flexibility index (Phi) is 4.66. The lowest BCUT2D eigenvalue weighted by atomic mass is 10.2. The van der Waals surface area contributed by atoms with Gasteiger partial charge in [0.25, 0.3) is 0 Å². The fraction of sp³-hybridized carbons (Fsp3) is 0.500. The maximum atomic E-state index is 4.38. The van der Waals surface area contributed by atoms with Gasteiger partial charge in [-0.3, -0.25) is 4.90 Å². The quantitative estimate of drug-likeness (QED) is 0.817. The van der Waals surface area contributed by atoms with Crippen LogP contribution in [-0.2, 0) is 6.54 Å². The summed E-state index contributed by atoms with van der Waals surface area (Å²) in [5.41, 5.74) is 1.15. The van der Waals surface area contributed by atoms with E-state index in [2.05, 4.69) is 36.8 Å². The minimum Gasteiger partial charge on any atom is -0.347 e. The second-order valence-corrected chi connectivity index (χ2v) is 6.12. The summed E-state index contributed by atoms with van der Waals surface area (Å²) in [6.07, 6.45) is 8.52. The molecule has 2 aromatic heterocycles. The zero-order valence-corrected chi connectivity index (χ0v) is 13.9. The lowest BCUT2D eigenvalue weighted by Gasteiger charge is -2.24. The summed E-state index contributed by atoms with van der Waals surface area (Å²) in [4.78, 5) is 23.9. The van der Waals surface area contributed by atoms with Crippen molar-refractivity contribution in [2.45, 2.75) is 19.0 Å². The molecule has 1 atom stereocenters. The van der Waals surface area contributed by atoms with Crippen molar-refractivity contribution in [2.75, 3.05) is 44.0 Å². The summed E-state index contributed by atoms with van der Waals surface area (Å²) in [7, 11) is 5.96. The van der Waals surface area contributed by atoms with Crippen molar-refractivity contribution in [2.24, 2.45) is 0 Å². The van der Waals surface area contributed by atoms with Crippen molar-refractivity contribution < 1.29 is 0 Å². The molecule has 1 fully saturated rings. The van der Waals surface area contributed by atoms with E-state index < -0.39 is 0 Å². The van der Waals surface area contributed by atoms with Crippen LogP contribution in [-0.4, -0.2) is 65.1 Å². The van der Waals surface area contributed by atoms with Crippen LogP contribution in [0.15, 0.2) is 30.9 Å². The summed E-state index contributed by atoms with van der Waals surface area (Å²) in [5.74, 6) is 1.53. The first-order chi connectivity index (χ1) is 11.1. The highest BCUT2D eigenvalue weighted by Crippen LogP contribution is 2.19. The molecule has 0 spiro atoms. The van der Waals surface area contributed by atoms with Gasteiger partial charge in [0.05, 0.1) is 0 Å². The van der Waals surface area contributed by atoms with E-state index in [4.69, 9.17) is 0 Å². The fourth-order valence-electron chi connectivity index (χ4n) is 2.83. The molecular weight excluding hydrogens is 290 g/mol. The van der Waals surface area contributed by atoms with Gasteiger partial charge in [0.1, 0.15) is 0 Å². The van der Waals surface area contributed by atoms with E-state index in [1.54, 1.807) is 12.4 Å². The Morgan fingerprint density at radius 3 is 2.39 bits per heavy atom. The number of nitrogens with zero attached hydrogens (tertiary/aromatic N) is 7. The monoisotopic (exact) mass is 313 g/mol. The summed E-state index contributed by atoms with van der Waals surface area (Å²) in [6.45, 7) is 2.95. The molecule has 0 amide bonds. The molecule has 2 aromatic rings. The number of hydrogen-bond donors (Lipinski definition) is 0. The molecule has 23 heavy (non-hydrogen) atoms. The van der Waals surface area contributed by atoms with Gasteiger partial charge in [0.15, 0.2) is 0 Å². The Balaban J connectivity index is 1.57. The smallest absolute Gasteiger partial charge is 0.225 e. The van der Waals surface area contributed by atoms with E-state index in [-0.39, 0.29) is 0 Å². The molecule has 0 aromatic carbocycles. The van der Waals surface area contributed by atoms with Gasteiger partial charge in [-0.15, -0.1) is 0 Å². The first-order valence-corrected chi connectivity index (χ1v) is 7.84. The second-order valence-electron chi connectivity index (χ2n) is 6.12. The van der Waals surface area contributed by atoms with Crippen molar-refractivity contribution in [3.8, 4) is 0 Å². The number of anilines is 2. The molecule has 0 radical (unpaired) electrons.